The van der Waals surface area contributed by atoms with E-state index in [1.54, 1.807) is 25.1 Å². The van der Waals surface area contributed by atoms with E-state index in [0.29, 0.717) is 95.7 Å². The summed E-state index contributed by atoms with van der Waals surface area (Å²) < 4.78 is 22.8. The van der Waals surface area contributed by atoms with E-state index >= 15 is 0 Å². The molecule has 2 atom stereocenters. The molecule has 2 saturated heterocycles. The second-order valence-corrected chi connectivity index (χ2v) is 16.9. The highest BCUT2D eigenvalue weighted by atomic mass is 16.6. The molecule has 0 bridgehead atoms. The monoisotopic (exact) mass is 918 g/mol. The molecule has 6 rings (SSSR count). The molecule has 0 spiro atoms. The van der Waals surface area contributed by atoms with E-state index in [1.165, 1.54) is 5.69 Å². The largest absolute Gasteiger partial charge is 0.382 e. The molecule has 358 valence electrons. The van der Waals surface area contributed by atoms with Crippen LogP contribution in [0.3, 0.4) is 0 Å². The molecule has 3 aliphatic heterocycles. The number of rotatable bonds is 26. The Morgan fingerprint density at radius 1 is 0.866 bits per heavy atom. The molecule has 3 aromatic carbocycles. The van der Waals surface area contributed by atoms with Gasteiger partial charge in [0, 0.05) is 68.4 Å². The lowest BCUT2D eigenvalue weighted by atomic mass is 9.97. The van der Waals surface area contributed by atoms with Crippen molar-refractivity contribution < 1.29 is 42.9 Å². The van der Waals surface area contributed by atoms with E-state index < -0.39 is 23.8 Å². The maximum Gasteiger partial charge on any atom is 0.264 e. The summed E-state index contributed by atoms with van der Waals surface area (Å²) in [5.41, 5.74) is 7.30. The molecule has 3 aromatic rings. The van der Waals surface area contributed by atoms with Crippen LogP contribution < -0.4 is 15.5 Å². The summed E-state index contributed by atoms with van der Waals surface area (Å²) in [7, 11) is 1.92. The SMILES string of the molecule is C=C1CCC(N2C(=O)c3cccc(NCCOCCOCCOCCOCCN4CCN(c5ccc(-c6ccc(CN(C)C(C(C)=O)C(/C=C\C)=C/C)c(C=O)c6)cc5)CC4)c3C2=O)C(=O)N1. The van der Waals surface area contributed by atoms with Gasteiger partial charge < -0.3 is 34.5 Å². The average molecular weight is 919 g/mol. The third-order valence-electron chi connectivity index (χ3n) is 12.3. The number of carbonyl (C=O) groups excluding carboxylic acids is 5. The number of hydrogen-bond donors (Lipinski definition) is 2. The summed E-state index contributed by atoms with van der Waals surface area (Å²) in [4.78, 5) is 71.6. The maximum absolute atomic E-state index is 13.3. The van der Waals surface area contributed by atoms with Crippen molar-refractivity contribution in [2.75, 3.05) is 109 Å². The molecule has 0 aliphatic carbocycles. The molecular weight excluding hydrogens is 853 g/mol. The number of Topliss-reactive ketones (excluding diaryl/α,β-unsaturated/α-hetero) is 1. The summed E-state index contributed by atoms with van der Waals surface area (Å²) in [5.74, 6) is -1.28. The van der Waals surface area contributed by atoms with Crippen LogP contribution in [-0.4, -0.2) is 156 Å². The number of imide groups is 1. The van der Waals surface area contributed by atoms with Crippen molar-refractivity contribution in [3.8, 4) is 11.1 Å². The molecule has 0 saturated carbocycles. The van der Waals surface area contributed by atoms with Gasteiger partial charge in [-0.05, 0) is 93.3 Å². The number of piperazine rings is 1. The fourth-order valence-corrected chi connectivity index (χ4v) is 8.78. The van der Waals surface area contributed by atoms with Crippen LogP contribution in [0.2, 0.25) is 0 Å². The second-order valence-electron chi connectivity index (χ2n) is 16.9. The highest BCUT2D eigenvalue weighted by molar-refractivity contribution is 6.25. The predicted molar refractivity (Wildman–Crippen MR) is 259 cm³/mol. The van der Waals surface area contributed by atoms with Crippen LogP contribution in [0.5, 0.6) is 0 Å². The van der Waals surface area contributed by atoms with Crippen molar-refractivity contribution in [1.82, 2.24) is 20.0 Å². The van der Waals surface area contributed by atoms with Crippen LogP contribution >= 0.6 is 0 Å². The lowest BCUT2D eigenvalue weighted by Crippen LogP contribution is -2.51. The van der Waals surface area contributed by atoms with Gasteiger partial charge in [0.05, 0.1) is 70.0 Å². The Morgan fingerprint density at radius 2 is 1.52 bits per heavy atom. The number of anilines is 2. The predicted octanol–water partition coefficient (Wildman–Crippen LogP) is 5.77. The summed E-state index contributed by atoms with van der Waals surface area (Å²) in [5, 5.41) is 5.84. The van der Waals surface area contributed by atoms with E-state index in [2.05, 4.69) is 51.3 Å². The topological polar surface area (TPSA) is 159 Å². The molecule has 2 fully saturated rings. The van der Waals surface area contributed by atoms with Crippen LogP contribution in [0.4, 0.5) is 11.4 Å². The van der Waals surface area contributed by atoms with Crippen LogP contribution in [0.1, 0.15) is 70.3 Å². The highest BCUT2D eigenvalue weighted by Crippen LogP contribution is 2.33. The maximum atomic E-state index is 13.3. The zero-order valence-electron chi connectivity index (χ0n) is 39.4. The van der Waals surface area contributed by atoms with E-state index in [9.17, 15) is 24.0 Å². The number of carbonyl (C=O) groups is 5. The van der Waals surface area contributed by atoms with Crippen LogP contribution in [-0.2, 0) is 35.1 Å². The first-order valence-corrected chi connectivity index (χ1v) is 23.2. The van der Waals surface area contributed by atoms with Crippen molar-refractivity contribution in [1.29, 1.82) is 0 Å². The fourth-order valence-electron chi connectivity index (χ4n) is 8.78. The van der Waals surface area contributed by atoms with Crippen molar-refractivity contribution in [3.63, 3.8) is 0 Å². The van der Waals surface area contributed by atoms with Gasteiger partial charge in [-0.2, -0.15) is 0 Å². The zero-order chi connectivity index (χ0) is 47.7. The van der Waals surface area contributed by atoms with Crippen LogP contribution in [0, 0.1) is 0 Å². The number of benzene rings is 3. The number of aldehydes is 1. The van der Waals surface area contributed by atoms with Crippen LogP contribution in [0.15, 0.2) is 96.7 Å². The molecule has 2 unspecified atom stereocenters. The Kier molecular flexibility index (Phi) is 19.2. The Bertz CT molecular complexity index is 2270. The van der Waals surface area contributed by atoms with Gasteiger partial charge in [0.15, 0.2) is 5.78 Å². The number of likely N-dealkylation sites (N-methyl/N-ethyl adjacent to an activating group) is 1. The summed E-state index contributed by atoms with van der Waals surface area (Å²) in [6.07, 6.45) is 7.61. The van der Waals surface area contributed by atoms with Crippen molar-refractivity contribution in [3.05, 3.63) is 119 Å². The van der Waals surface area contributed by atoms with Gasteiger partial charge in [-0.3, -0.25) is 38.7 Å². The van der Waals surface area contributed by atoms with E-state index in [1.807, 2.05) is 62.2 Å². The molecule has 0 aromatic heterocycles. The van der Waals surface area contributed by atoms with Gasteiger partial charge in [0.1, 0.15) is 12.3 Å². The van der Waals surface area contributed by atoms with Gasteiger partial charge >= 0.3 is 0 Å². The standard InChI is InChI=1S/C52H66N6O9/c1-6-9-39(7-2)49(38(4)60)55(5)35-42-14-13-41(34-43(42)36-59)40-15-17-44(18-16-40)57-23-21-56(22-24-57)25-27-65-29-31-67-33-32-66-30-28-64-26-20-53-46-11-8-10-45-48(46)52(63)58(51(45)62)47-19-12-37(3)54-50(47)61/h6-11,13-18,34,36,47,49,53H,3,12,19-33,35H2,1-2,4-5H3,(H,54,61)/b9-6-,39-7+. The van der Waals surface area contributed by atoms with Gasteiger partial charge in [-0.1, -0.05) is 55.1 Å². The fraction of sp³-hybridized carbons (Fsp3) is 0.442. The number of ketones is 1. The van der Waals surface area contributed by atoms with Gasteiger partial charge in [-0.25, -0.2) is 0 Å². The summed E-state index contributed by atoms with van der Waals surface area (Å²) in [6.45, 7) is 18.5. The molecule has 15 heteroatoms. The first kappa shape index (κ1) is 50.6. The Balaban J connectivity index is 0.786. The molecule has 67 heavy (non-hydrogen) atoms. The third-order valence-corrected chi connectivity index (χ3v) is 12.3. The van der Waals surface area contributed by atoms with Gasteiger partial charge in [0.25, 0.3) is 11.8 Å². The minimum Gasteiger partial charge on any atom is -0.382 e. The number of hydrogen-bond acceptors (Lipinski definition) is 13. The lowest BCUT2D eigenvalue weighted by Gasteiger charge is -2.36. The zero-order valence-corrected chi connectivity index (χ0v) is 39.4. The molecule has 2 N–H and O–H groups in total. The second kappa shape index (κ2) is 25.4. The first-order valence-electron chi connectivity index (χ1n) is 23.2. The van der Waals surface area contributed by atoms with Gasteiger partial charge in [-0.15, -0.1) is 0 Å². The van der Waals surface area contributed by atoms with Crippen molar-refractivity contribution >= 4 is 41.2 Å². The lowest BCUT2D eigenvalue weighted by molar-refractivity contribution is -0.125. The Hall–Kier alpha value is -5.81. The molecule has 3 heterocycles. The molecule has 0 radical (unpaired) electrons. The summed E-state index contributed by atoms with van der Waals surface area (Å²) >= 11 is 0. The van der Waals surface area contributed by atoms with Gasteiger partial charge in [0.2, 0.25) is 5.91 Å². The van der Waals surface area contributed by atoms with Crippen molar-refractivity contribution in [2.45, 2.75) is 52.2 Å². The van der Waals surface area contributed by atoms with E-state index in [4.69, 9.17) is 18.9 Å². The number of allylic oxidation sites excluding steroid dienone is 3. The first-order chi connectivity index (χ1) is 32.5. The number of nitrogens with one attached hydrogen (secondary N) is 2. The molecule has 3 amide bonds. The number of fused-ring (bicyclic) bond motifs is 1. The Morgan fingerprint density at radius 3 is 2.15 bits per heavy atom. The number of piperidine rings is 1. The highest BCUT2D eigenvalue weighted by Gasteiger charge is 2.45. The number of nitrogens with zero attached hydrogens (tertiary/aromatic N) is 4. The normalized spacial score (nSPS) is 17.4. The van der Waals surface area contributed by atoms with Crippen molar-refractivity contribution in [2.24, 2.45) is 0 Å². The van der Waals surface area contributed by atoms with Crippen LogP contribution in [0.25, 0.3) is 11.1 Å². The number of ether oxygens (including phenoxy) is 4. The minimum atomic E-state index is -0.855. The third kappa shape index (κ3) is 13.4. The summed E-state index contributed by atoms with van der Waals surface area (Å²) in [6, 6.07) is 18.3. The number of amides is 3. The molecular formula is C52H66N6O9. The molecule has 3 aliphatic rings. The van der Waals surface area contributed by atoms with E-state index in [-0.39, 0.29) is 23.0 Å². The molecule has 15 nitrogen and oxygen atoms in total. The minimum absolute atomic E-state index is 0.0571. The smallest absolute Gasteiger partial charge is 0.264 e. The van der Waals surface area contributed by atoms with E-state index in [0.717, 1.165) is 66.2 Å². The average Bonchev–Trinajstić information content (AvgIpc) is 3.58. The quantitative estimate of drug-likeness (QED) is 0.0434. The Labute approximate surface area is 394 Å².